The highest BCUT2D eigenvalue weighted by molar-refractivity contribution is 5.86. The fourth-order valence-corrected chi connectivity index (χ4v) is 1.60. The van der Waals surface area contributed by atoms with Crippen molar-refractivity contribution in [1.29, 1.82) is 0 Å². The second-order valence-electron chi connectivity index (χ2n) is 3.42. The molecule has 2 rings (SSSR count). The molecule has 0 amide bonds. The van der Waals surface area contributed by atoms with Gasteiger partial charge in [0.25, 0.3) is 0 Å². The summed E-state index contributed by atoms with van der Waals surface area (Å²) >= 11 is 0. The number of methoxy groups -OCH3 is 1. The lowest BCUT2D eigenvalue weighted by Gasteiger charge is -2.24. The maximum atomic E-state index is 10.8. The van der Waals surface area contributed by atoms with Gasteiger partial charge in [-0.25, -0.2) is 0 Å². The van der Waals surface area contributed by atoms with E-state index in [4.69, 9.17) is 4.74 Å². The Kier molecular flexibility index (Phi) is 4.35. The Hall–Kier alpha value is -1.31. The van der Waals surface area contributed by atoms with Gasteiger partial charge in [0, 0.05) is 12.8 Å². The molecule has 0 saturated heterocycles. The lowest BCUT2D eigenvalue weighted by molar-refractivity contribution is -0.124. The van der Waals surface area contributed by atoms with Gasteiger partial charge < -0.3 is 4.74 Å². The molecule has 1 aromatic rings. The van der Waals surface area contributed by atoms with Crippen LogP contribution in [0.25, 0.3) is 0 Å². The molecule has 2 nitrogen and oxygen atoms in total. The molecule has 1 fully saturated rings. The van der Waals surface area contributed by atoms with Gasteiger partial charge in [-0.05, 0) is 23.6 Å². The number of Topliss-reactive ketones (excluding diaryl/α,β-unsaturated/α-hetero) is 1. The van der Waals surface area contributed by atoms with E-state index in [0.29, 0.717) is 24.5 Å². The summed E-state index contributed by atoms with van der Waals surface area (Å²) in [4.78, 5) is 10.8. The zero-order valence-corrected chi connectivity index (χ0v) is 9.62. The molecule has 0 unspecified atom stereocenters. The van der Waals surface area contributed by atoms with Gasteiger partial charge in [0.1, 0.15) is 11.5 Å². The Bertz CT molecular complexity index is 306. The maximum Gasteiger partial charge on any atom is 0.134 e. The average Bonchev–Trinajstić information content (AvgIpc) is 2.28. The van der Waals surface area contributed by atoms with Crippen molar-refractivity contribution in [1.82, 2.24) is 0 Å². The number of hydrogen-bond donors (Lipinski definition) is 0. The molecule has 1 saturated carbocycles. The molecule has 0 aliphatic heterocycles. The van der Waals surface area contributed by atoms with Crippen molar-refractivity contribution >= 4 is 5.78 Å². The van der Waals surface area contributed by atoms with Crippen molar-refractivity contribution in [3.8, 4) is 5.75 Å². The molecule has 0 radical (unpaired) electrons. The highest BCUT2D eigenvalue weighted by atomic mass is 16.5. The van der Waals surface area contributed by atoms with Crippen molar-refractivity contribution in [3.05, 3.63) is 29.8 Å². The van der Waals surface area contributed by atoms with Crippen molar-refractivity contribution in [3.63, 3.8) is 0 Å². The standard InChI is InChI=1S/C11H12O2.C2H6/c1-13-11-4-2-8(3-5-11)9-6-10(12)7-9;1-2/h2-5,9H,6-7H2,1H3;1-2H3. The summed E-state index contributed by atoms with van der Waals surface area (Å²) in [6.45, 7) is 4.00. The zero-order valence-electron chi connectivity index (χ0n) is 9.62. The van der Waals surface area contributed by atoms with E-state index in [0.717, 1.165) is 5.75 Å². The molecule has 0 atom stereocenters. The Labute approximate surface area is 91.3 Å². The third kappa shape index (κ3) is 2.82. The normalized spacial score (nSPS) is 15.0. The minimum absolute atomic E-state index is 0.376. The summed E-state index contributed by atoms with van der Waals surface area (Å²) in [6, 6.07) is 7.96. The van der Waals surface area contributed by atoms with Gasteiger partial charge in [0.05, 0.1) is 7.11 Å². The van der Waals surface area contributed by atoms with Gasteiger partial charge in [-0.2, -0.15) is 0 Å². The molecule has 1 aromatic carbocycles. The summed E-state index contributed by atoms with van der Waals surface area (Å²) in [7, 11) is 1.65. The third-order valence-corrected chi connectivity index (χ3v) is 2.54. The first-order valence-corrected chi connectivity index (χ1v) is 5.45. The molecule has 2 heteroatoms. The highest BCUT2D eigenvalue weighted by Crippen LogP contribution is 2.34. The number of ether oxygens (including phenoxy) is 1. The first kappa shape index (κ1) is 11.8. The fourth-order valence-electron chi connectivity index (χ4n) is 1.60. The summed E-state index contributed by atoms with van der Waals surface area (Å²) in [6.07, 6.45) is 1.43. The van der Waals surface area contributed by atoms with Crippen molar-refractivity contribution in [2.24, 2.45) is 0 Å². The number of benzene rings is 1. The van der Waals surface area contributed by atoms with Crippen LogP contribution in [0.5, 0.6) is 5.75 Å². The second-order valence-corrected chi connectivity index (χ2v) is 3.42. The highest BCUT2D eigenvalue weighted by Gasteiger charge is 2.27. The molecule has 0 aromatic heterocycles. The first-order chi connectivity index (χ1) is 7.29. The zero-order chi connectivity index (χ0) is 11.3. The SMILES string of the molecule is CC.COc1ccc(C2CC(=O)C2)cc1. The Balaban J connectivity index is 0.000000531. The second kappa shape index (κ2) is 5.54. The van der Waals surface area contributed by atoms with E-state index in [9.17, 15) is 4.79 Å². The molecular formula is C13H18O2. The van der Waals surface area contributed by atoms with E-state index < -0.39 is 0 Å². The van der Waals surface area contributed by atoms with Crippen LogP contribution in [0.2, 0.25) is 0 Å². The third-order valence-electron chi connectivity index (χ3n) is 2.54. The topological polar surface area (TPSA) is 26.3 Å². The van der Waals surface area contributed by atoms with E-state index in [1.165, 1.54) is 5.56 Å². The predicted octanol–water partition coefficient (Wildman–Crippen LogP) is 3.17. The smallest absolute Gasteiger partial charge is 0.134 e. The van der Waals surface area contributed by atoms with E-state index in [2.05, 4.69) is 0 Å². The van der Waals surface area contributed by atoms with Crippen molar-refractivity contribution < 1.29 is 9.53 Å². The van der Waals surface area contributed by atoms with Crippen molar-refractivity contribution in [2.75, 3.05) is 7.11 Å². The van der Waals surface area contributed by atoms with Crippen LogP contribution in [0.3, 0.4) is 0 Å². The van der Waals surface area contributed by atoms with Crippen molar-refractivity contribution in [2.45, 2.75) is 32.6 Å². The number of rotatable bonds is 2. The summed E-state index contributed by atoms with van der Waals surface area (Å²) in [5, 5.41) is 0. The molecule has 0 N–H and O–H groups in total. The van der Waals surface area contributed by atoms with Crippen LogP contribution in [0, 0.1) is 0 Å². The van der Waals surface area contributed by atoms with E-state index in [1.807, 2.05) is 38.1 Å². The van der Waals surface area contributed by atoms with E-state index in [-0.39, 0.29) is 0 Å². The predicted molar refractivity (Wildman–Crippen MR) is 61.3 cm³/mol. The minimum Gasteiger partial charge on any atom is -0.497 e. The van der Waals surface area contributed by atoms with Crippen LogP contribution in [-0.4, -0.2) is 12.9 Å². The molecule has 0 heterocycles. The number of carbonyl (C=O) groups is 1. The van der Waals surface area contributed by atoms with Gasteiger partial charge in [0.2, 0.25) is 0 Å². The molecule has 0 spiro atoms. The van der Waals surface area contributed by atoms with Crippen LogP contribution in [0.1, 0.15) is 38.2 Å². The van der Waals surface area contributed by atoms with Gasteiger partial charge in [-0.3, -0.25) is 4.79 Å². The van der Waals surface area contributed by atoms with Gasteiger partial charge >= 0.3 is 0 Å². The van der Waals surface area contributed by atoms with Crippen LogP contribution in [0.15, 0.2) is 24.3 Å². The average molecular weight is 206 g/mol. The molecular weight excluding hydrogens is 188 g/mol. The van der Waals surface area contributed by atoms with Gasteiger partial charge in [0.15, 0.2) is 0 Å². The molecule has 1 aliphatic rings. The summed E-state index contributed by atoms with van der Waals surface area (Å²) in [5.41, 5.74) is 1.25. The summed E-state index contributed by atoms with van der Waals surface area (Å²) in [5.74, 6) is 1.70. The number of hydrogen-bond acceptors (Lipinski definition) is 2. The van der Waals surface area contributed by atoms with E-state index >= 15 is 0 Å². The van der Waals surface area contributed by atoms with Crippen LogP contribution < -0.4 is 4.74 Å². The van der Waals surface area contributed by atoms with Gasteiger partial charge in [-0.15, -0.1) is 0 Å². The summed E-state index contributed by atoms with van der Waals surface area (Å²) < 4.78 is 5.05. The Morgan fingerprint density at radius 3 is 2.07 bits per heavy atom. The van der Waals surface area contributed by atoms with Crippen LogP contribution in [0.4, 0.5) is 0 Å². The number of carbonyl (C=O) groups excluding carboxylic acids is 1. The van der Waals surface area contributed by atoms with Gasteiger partial charge in [-0.1, -0.05) is 26.0 Å². The minimum atomic E-state index is 0.376. The molecule has 1 aliphatic carbocycles. The fraction of sp³-hybridized carbons (Fsp3) is 0.462. The first-order valence-electron chi connectivity index (χ1n) is 5.45. The lowest BCUT2D eigenvalue weighted by Crippen LogP contribution is -2.20. The molecule has 0 bridgehead atoms. The largest absolute Gasteiger partial charge is 0.497 e. The monoisotopic (exact) mass is 206 g/mol. The lowest BCUT2D eigenvalue weighted by atomic mass is 9.79. The van der Waals surface area contributed by atoms with E-state index in [1.54, 1.807) is 7.11 Å². The van der Waals surface area contributed by atoms with Crippen LogP contribution in [-0.2, 0) is 4.79 Å². The van der Waals surface area contributed by atoms with Crippen LogP contribution >= 0.6 is 0 Å². The maximum absolute atomic E-state index is 10.8. The molecule has 15 heavy (non-hydrogen) atoms. The Morgan fingerprint density at radius 2 is 1.67 bits per heavy atom. The number of ketones is 1. The molecule has 82 valence electrons. The Morgan fingerprint density at radius 1 is 1.13 bits per heavy atom. The quantitative estimate of drug-likeness (QED) is 0.743.